The lowest BCUT2D eigenvalue weighted by atomic mass is 9.77. The van der Waals surface area contributed by atoms with Gasteiger partial charge in [0.15, 0.2) is 11.5 Å². The van der Waals surface area contributed by atoms with Gasteiger partial charge in [-0.25, -0.2) is 4.79 Å². The second-order valence-electron chi connectivity index (χ2n) is 9.98. The number of carbonyl (C=O) groups is 2. The minimum atomic E-state index is -0.373. The predicted octanol–water partition coefficient (Wildman–Crippen LogP) is 3.97. The molecule has 2 atom stereocenters. The maximum atomic E-state index is 13.0. The van der Waals surface area contributed by atoms with Crippen LogP contribution in [0.25, 0.3) is 0 Å². The lowest BCUT2D eigenvalue weighted by Gasteiger charge is -2.34. The highest BCUT2D eigenvalue weighted by atomic mass is 16.6. The molecule has 0 saturated carbocycles. The van der Waals surface area contributed by atoms with Crippen molar-refractivity contribution in [2.75, 3.05) is 60.3 Å². The average molecular weight is 496 g/mol. The highest BCUT2D eigenvalue weighted by molar-refractivity contribution is 5.82. The molecule has 2 unspecified atom stereocenters. The number of likely N-dealkylation sites (N-methyl/N-ethyl adjacent to an activating group) is 1. The maximum absolute atomic E-state index is 13.0. The number of fused-ring (bicyclic) bond motifs is 2. The van der Waals surface area contributed by atoms with Gasteiger partial charge < -0.3 is 29.3 Å². The smallest absolute Gasteiger partial charge is 0.414 e. The summed E-state index contributed by atoms with van der Waals surface area (Å²) in [5.41, 5.74) is 4.70. The van der Waals surface area contributed by atoms with Crippen molar-refractivity contribution in [2.24, 2.45) is 5.92 Å². The van der Waals surface area contributed by atoms with E-state index in [0.717, 1.165) is 43.6 Å². The number of ether oxygens (including phenoxy) is 3. The van der Waals surface area contributed by atoms with Crippen LogP contribution in [-0.2, 0) is 17.6 Å². The SMILES string of the molecule is COc1cc2c(cc1OC)NCC(C(=O)CCN(C)CC1Cc3cc(OC(=O)N(C)C)ccc31)CC2. The molecule has 1 N–H and O–H groups in total. The Bertz CT molecular complexity index is 1080. The van der Waals surface area contributed by atoms with Crippen LogP contribution in [-0.4, -0.2) is 76.7 Å². The Morgan fingerprint density at radius 1 is 1.03 bits per heavy atom. The third kappa shape index (κ3) is 5.75. The molecule has 4 rings (SSSR count). The molecule has 2 aromatic rings. The highest BCUT2D eigenvalue weighted by Crippen LogP contribution is 2.38. The van der Waals surface area contributed by atoms with Crippen molar-refractivity contribution >= 4 is 17.6 Å². The standard InChI is InChI=1S/C28H37N3O5/c1-30(2)28(33)36-22-8-9-23-20(13-22)12-21(23)17-31(3)11-10-25(32)19-7-6-18-14-26(34-4)27(35-5)15-24(18)29-16-19/h8-9,13-15,19,21,29H,6-7,10-12,16-17H2,1-5H3. The Kier molecular flexibility index (Phi) is 8.04. The van der Waals surface area contributed by atoms with Crippen LogP contribution in [0.2, 0.25) is 0 Å². The number of nitrogens with zero attached hydrogens (tertiary/aromatic N) is 2. The van der Waals surface area contributed by atoms with Gasteiger partial charge in [-0.05, 0) is 61.2 Å². The van der Waals surface area contributed by atoms with Crippen LogP contribution in [0, 0.1) is 5.92 Å². The number of hydrogen-bond donors (Lipinski definition) is 1. The van der Waals surface area contributed by atoms with E-state index in [0.29, 0.717) is 41.9 Å². The molecule has 1 amide bonds. The summed E-state index contributed by atoms with van der Waals surface area (Å²) in [7, 11) is 8.69. The molecule has 0 aromatic heterocycles. The van der Waals surface area contributed by atoms with Gasteiger partial charge in [0.1, 0.15) is 11.5 Å². The zero-order chi connectivity index (χ0) is 25.8. The van der Waals surface area contributed by atoms with Gasteiger partial charge in [0.05, 0.1) is 14.2 Å². The Hall–Kier alpha value is -3.26. The molecule has 0 radical (unpaired) electrons. The molecule has 1 heterocycles. The summed E-state index contributed by atoms with van der Waals surface area (Å²) in [6, 6.07) is 9.84. The van der Waals surface area contributed by atoms with Gasteiger partial charge in [-0.1, -0.05) is 6.07 Å². The molecular formula is C28H37N3O5. The Balaban J connectivity index is 1.25. The number of amides is 1. The fourth-order valence-electron chi connectivity index (χ4n) is 5.02. The third-order valence-electron chi connectivity index (χ3n) is 7.23. The fraction of sp³-hybridized carbons (Fsp3) is 0.500. The topological polar surface area (TPSA) is 80.3 Å². The van der Waals surface area contributed by atoms with E-state index < -0.39 is 0 Å². The summed E-state index contributed by atoms with van der Waals surface area (Å²) < 4.78 is 16.2. The summed E-state index contributed by atoms with van der Waals surface area (Å²) in [6.07, 6.45) is 2.79. The van der Waals surface area contributed by atoms with Crippen molar-refractivity contribution in [1.82, 2.24) is 9.80 Å². The number of Topliss-reactive ketones (excluding diaryl/α,β-unsaturated/α-hetero) is 1. The number of methoxy groups -OCH3 is 2. The van der Waals surface area contributed by atoms with Crippen molar-refractivity contribution in [3.05, 3.63) is 47.0 Å². The molecule has 194 valence electrons. The molecule has 8 nitrogen and oxygen atoms in total. The number of ketones is 1. The number of rotatable bonds is 9. The van der Waals surface area contributed by atoms with E-state index in [1.54, 1.807) is 28.3 Å². The number of benzene rings is 2. The van der Waals surface area contributed by atoms with Gasteiger partial charge in [0.2, 0.25) is 0 Å². The van der Waals surface area contributed by atoms with Gasteiger partial charge in [0, 0.05) is 63.7 Å². The molecule has 0 fully saturated rings. The minimum Gasteiger partial charge on any atom is -0.493 e. The summed E-state index contributed by atoms with van der Waals surface area (Å²) >= 11 is 0. The Morgan fingerprint density at radius 2 is 1.78 bits per heavy atom. The van der Waals surface area contributed by atoms with E-state index in [-0.39, 0.29) is 12.0 Å². The van der Waals surface area contributed by atoms with Crippen molar-refractivity contribution in [1.29, 1.82) is 0 Å². The zero-order valence-corrected chi connectivity index (χ0v) is 21.9. The molecular weight excluding hydrogens is 458 g/mol. The van der Waals surface area contributed by atoms with Gasteiger partial charge in [-0.15, -0.1) is 0 Å². The molecule has 0 spiro atoms. The fourth-order valence-corrected chi connectivity index (χ4v) is 5.02. The molecule has 8 heteroatoms. The number of nitrogens with one attached hydrogen (secondary N) is 1. The second-order valence-corrected chi connectivity index (χ2v) is 9.98. The Morgan fingerprint density at radius 3 is 2.47 bits per heavy atom. The number of aryl methyl sites for hydroxylation is 1. The first-order chi connectivity index (χ1) is 17.3. The lowest BCUT2D eigenvalue weighted by molar-refractivity contribution is -0.122. The van der Waals surface area contributed by atoms with Crippen LogP contribution < -0.4 is 19.5 Å². The Labute approximate surface area is 213 Å². The number of carbonyl (C=O) groups excluding carboxylic acids is 2. The van der Waals surface area contributed by atoms with Crippen LogP contribution in [0.1, 0.15) is 35.4 Å². The van der Waals surface area contributed by atoms with Crippen LogP contribution in [0.5, 0.6) is 17.2 Å². The van der Waals surface area contributed by atoms with Crippen molar-refractivity contribution in [3.8, 4) is 17.2 Å². The van der Waals surface area contributed by atoms with Crippen molar-refractivity contribution < 1.29 is 23.8 Å². The average Bonchev–Trinajstić information content (AvgIpc) is 3.07. The zero-order valence-electron chi connectivity index (χ0n) is 21.9. The van der Waals surface area contributed by atoms with E-state index in [1.807, 2.05) is 24.3 Å². The number of hydrogen-bond acceptors (Lipinski definition) is 7. The first-order valence-electron chi connectivity index (χ1n) is 12.5. The summed E-state index contributed by atoms with van der Waals surface area (Å²) in [5.74, 6) is 2.74. The molecule has 2 aliphatic rings. The first-order valence-corrected chi connectivity index (χ1v) is 12.5. The predicted molar refractivity (Wildman–Crippen MR) is 140 cm³/mol. The van der Waals surface area contributed by atoms with Crippen molar-refractivity contribution in [3.63, 3.8) is 0 Å². The van der Waals surface area contributed by atoms with E-state index >= 15 is 0 Å². The minimum absolute atomic E-state index is 0.00415. The second kappa shape index (κ2) is 11.2. The normalized spacial score (nSPS) is 18.2. The summed E-state index contributed by atoms with van der Waals surface area (Å²) in [4.78, 5) is 28.5. The largest absolute Gasteiger partial charge is 0.493 e. The van der Waals surface area contributed by atoms with Gasteiger partial charge in [0.25, 0.3) is 0 Å². The van der Waals surface area contributed by atoms with E-state index in [4.69, 9.17) is 14.2 Å². The summed E-state index contributed by atoms with van der Waals surface area (Å²) in [5, 5.41) is 3.45. The van der Waals surface area contributed by atoms with Crippen LogP contribution >= 0.6 is 0 Å². The van der Waals surface area contributed by atoms with Gasteiger partial charge >= 0.3 is 6.09 Å². The molecule has 1 aliphatic heterocycles. The van der Waals surface area contributed by atoms with Crippen LogP contribution in [0.4, 0.5) is 10.5 Å². The monoisotopic (exact) mass is 495 g/mol. The maximum Gasteiger partial charge on any atom is 0.414 e. The highest BCUT2D eigenvalue weighted by Gasteiger charge is 2.29. The molecule has 0 saturated heterocycles. The van der Waals surface area contributed by atoms with E-state index in [2.05, 4.69) is 23.3 Å². The third-order valence-corrected chi connectivity index (χ3v) is 7.23. The van der Waals surface area contributed by atoms with Crippen LogP contribution in [0.3, 0.4) is 0 Å². The quantitative estimate of drug-likeness (QED) is 0.564. The molecule has 0 bridgehead atoms. The van der Waals surface area contributed by atoms with Gasteiger partial charge in [-0.3, -0.25) is 4.79 Å². The lowest BCUT2D eigenvalue weighted by Crippen LogP contribution is -2.33. The molecule has 1 aliphatic carbocycles. The number of anilines is 1. The van der Waals surface area contributed by atoms with Crippen molar-refractivity contribution in [2.45, 2.75) is 31.6 Å². The van der Waals surface area contributed by atoms with Gasteiger partial charge in [-0.2, -0.15) is 0 Å². The molecule has 36 heavy (non-hydrogen) atoms. The molecule has 2 aromatic carbocycles. The van der Waals surface area contributed by atoms with Crippen LogP contribution in [0.15, 0.2) is 30.3 Å². The van der Waals surface area contributed by atoms with E-state index in [9.17, 15) is 9.59 Å². The summed E-state index contributed by atoms with van der Waals surface area (Å²) in [6.45, 7) is 2.29. The van der Waals surface area contributed by atoms with E-state index in [1.165, 1.54) is 16.0 Å². The first kappa shape index (κ1) is 25.8.